The van der Waals surface area contributed by atoms with E-state index in [0.717, 1.165) is 28.7 Å². The van der Waals surface area contributed by atoms with E-state index in [9.17, 15) is 4.79 Å². The standard InChI is InChI=1S/C21H22N4OS2/c26-19(23-18-12-6-10-16-9-4-5-11-17(16)18)14-27-21-25-24-20(28-21)22-13-15-7-2-1-3-8-15/h1-5,7-9,11,18H,6,10,12-14H2,(H,22,24)(H,23,26)/t18-/m1/s1. The number of amides is 1. The van der Waals surface area contributed by atoms with E-state index in [0.29, 0.717) is 12.3 Å². The number of nitrogens with one attached hydrogen (secondary N) is 2. The molecular formula is C21H22N4OS2. The molecule has 1 aromatic heterocycles. The molecule has 28 heavy (non-hydrogen) atoms. The first kappa shape index (κ1) is 19.0. The molecule has 0 spiro atoms. The zero-order valence-corrected chi connectivity index (χ0v) is 17.1. The largest absolute Gasteiger partial charge is 0.356 e. The topological polar surface area (TPSA) is 66.9 Å². The van der Waals surface area contributed by atoms with E-state index >= 15 is 0 Å². The molecule has 0 saturated carbocycles. The van der Waals surface area contributed by atoms with Gasteiger partial charge in [-0.1, -0.05) is 77.7 Å². The predicted molar refractivity (Wildman–Crippen MR) is 115 cm³/mol. The highest BCUT2D eigenvalue weighted by molar-refractivity contribution is 8.01. The zero-order chi connectivity index (χ0) is 19.2. The highest BCUT2D eigenvalue weighted by Gasteiger charge is 2.21. The van der Waals surface area contributed by atoms with Crippen LogP contribution in [0.15, 0.2) is 58.9 Å². The van der Waals surface area contributed by atoms with Gasteiger partial charge in [-0.3, -0.25) is 4.79 Å². The molecule has 0 saturated heterocycles. The van der Waals surface area contributed by atoms with Crippen molar-refractivity contribution in [2.24, 2.45) is 0 Å². The van der Waals surface area contributed by atoms with Crippen molar-refractivity contribution in [1.29, 1.82) is 0 Å². The lowest BCUT2D eigenvalue weighted by Crippen LogP contribution is -2.32. The minimum absolute atomic E-state index is 0.0423. The van der Waals surface area contributed by atoms with Gasteiger partial charge in [0.2, 0.25) is 11.0 Å². The maximum absolute atomic E-state index is 12.4. The Morgan fingerprint density at radius 3 is 2.82 bits per heavy atom. The number of hydrogen-bond acceptors (Lipinski definition) is 6. The van der Waals surface area contributed by atoms with Crippen molar-refractivity contribution in [3.05, 3.63) is 71.3 Å². The number of carbonyl (C=O) groups is 1. The van der Waals surface area contributed by atoms with Gasteiger partial charge in [0.15, 0.2) is 4.34 Å². The molecule has 1 atom stereocenters. The van der Waals surface area contributed by atoms with Gasteiger partial charge < -0.3 is 10.6 Å². The lowest BCUT2D eigenvalue weighted by Gasteiger charge is -2.26. The number of aromatic nitrogens is 2. The third-order valence-corrected chi connectivity index (χ3v) is 6.74. The first-order valence-electron chi connectivity index (χ1n) is 9.39. The minimum atomic E-state index is 0.0423. The van der Waals surface area contributed by atoms with E-state index in [-0.39, 0.29) is 11.9 Å². The van der Waals surface area contributed by atoms with Gasteiger partial charge in [0.05, 0.1) is 11.8 Å². The summed E-state index contributed by atoms with van der Waals surface area (Å²) in [6, 6.07) is 18.7. The second-order valence-corrected chi connectivity index (χ2v) is 8.91. The Balaban J connectivity index is 1.26. The van der Waals surface area contributed by atoms with Crippen molar-refractivity contribution in [1.82, 2.24) is 15.5 Å². The van der Waals surface area contributed by atoms with Crippen LogP contribution in [-0.4, -0.2) is 21.9 Å². The molecule has 0 fully saturated rings. The molecule has 2 N–H and O–H groups in total. The fraction of sp³-hybridized carbons (Fsp3) is 0.286. The Hall–Kier alpha value is -2.38. The zero-order valence-electron chi connectivity index (χ0n) is 15.4. The van der Waals surface area contributed by atoms with Crippen LogP contribution in [-0.2, 0) is 17.8 Å². The van der Waals surface area contributed by atoms with E-state index in [1.165, 1.54) is 39.8 Å². The summed E-state index contributed by atoms with van der Waals surface area (Å²) in [6.45, 7) is 0.710. The van der Waals surface area contributed by atoms with Crippen molar-refractivity contribution in [2.45, 2.75) is 36.2 Å². The molecule has 1 aliphatic rings. The lowest BCUT2D eigenvalue weighted by molar-refractivity contribution is -0.119. The maximum Gasteiger partial charge on any atom is 0.230 e. The number of hydrogen-bond donors (Lipinski definition) is 2. The van der Waals surface area contributed by atoms with Crippen LogP contribution < -0.4 is 10.6 Å². The van der Waals surface area contributed by atoms with Gasteiger partial charge in [0.1, 0.15) is 0 Å². The normalized spacial score (nSPS) is 15.6. The first-order valence-corrected chi connectivity index (χ1v) is 11.2. The average Bonchev–Trinajstić information content (AvgIpc) is 3.20. The van der Waals surface area contributed by atoms with Gasteiger partial charge >= 0.3 is 0 Å². The van der Waals surface area contributed by atoms with Crippen LogP contribution in [0.5, 0.6) is 0 Å². The van der Waals surface area contributed by atoms with E-state index in [2.05, 4.69) is 51.2 Å². The summed E-state index contributed by atoms with van der Waals surface area (Å²) < 4.78 is 0.801. The minimum Gasteiger partial charge on any atom is -0.356 e. The molecule has 1 aliphatic carbocycles. The molecule has 1 amide bonds. The van der Waals surface area contributed by atoms with Gasteiger partial charge in [-0.05, 0) is 36.0 Å². The summed E-state index contributed by atoms with van der Waals surface area (Å²) in [5, 5.41) is 15.6. The van der Waals surface area contributed by atoms with Gasteiger partial charge in [-0.2, -0.15) is 0 Å². The number of aryl methyl sites for hydroxylation is 1. The quantitative estimate of drug-likeness (QED) is 0.564. The van der Waals surface area contributed by atoms with Crippen molar-refractivity contribution in [3.63, 3.8) is 0 Å². The molecule has 144 valence electrons. The number of thioether (sulfide) groups is 1. The second-order valence-electron chi connectivity index (χ2n) is 6.71. The molecule has 7 heteroatoms. The van der Waals surface area contributed by atoms with Crippen LogP contribution in [0.25, 0.3) is 0 Å². The molecule has 0 aliphatic heterocycles. The third-order valence-electron chi connectivity index (χ3n) is 4.72. The second kappa shape index (κ2) is 9.21. The molecule has 0 unspecified atom stereocenters. The first-order chi connectivity index (χ1) is 13.8. The van der Waals surface area contributed by atoms with Crippen molar-refractivity contribution < 1.29 is 4.79 Å². The van der Waals surface area contributed by atoms with E-state index < -0.39 is 0 Å². The summed E-state index contributed by atoms with van der Waals surface area (Å²) in [4.78, 5) is 12.4. The SMILES string of the molecule is O=C(CSc1nnc(NCc2ccccc2)s1)N[C@@H]1CCCc2ccccc21. The Labute approximate surface area is 173 Å². The molecule has 4 rings (SSSR count). The van der Waals surface area contributed by atoms with Crippen LogP contribution in [0.2, 0.25) is 0 Å². The molecule has 0 bridgehead atoms. The number of rotatable bonds is 7. The number of benzene rings is 2. The van der Waals surface area contributed by atoms with Crippen LogP contribution in [0.3, 0.4) is 0 Å². The fourth-order valence-electron chi connectivity index (χ4n) is 3.38. The van der Waals surface area contributed by atoms with Crippen LogP contribution in [0.1, 0.15) is 35.6 Å². The summed E-state index contributed by atoms with van der Waals surface area (Å²) >= 11 is 2.91. The monoisotopic (exact) mass is 410 g/mol. The molecular weight excluding hydrogens is 388 g/mol. The molecule has 3 aromatic rings. The maximum atomic E-state index is 12.4. The highest BCUT2D eigenvalue weighted by Crippen LogP contribution is 2.30. The molecule has 0 radical (unpaired) electrons. The summed E-state index contributed by atoms with van der Waals surface area (Å²) in [6.07, 6.45) is 3.21. The Morgan fingerprint density at radius 2 is 1.93 bits per heavy atom. The van der Waals surface area contributed by atoms with Crippen LogP contribution >= 0.6 is 23.1 Å². The average molecular weight is 411 g/mol. The smallest absolute Gasteiger partial charge is 0.230 e. The van der Waals surface area contributed by atoms with Gasteiger partial charge in [-0.25, -0.2) is 0 Å². The van der Waals surface area contributed by atoms with Crippen molar-refractivity contribution >= 4 is 34.1 Å². The number of nitrogens with zero attached hydrogens (tertiary/aromatic N) is 2. The van der Waals surface area contributed by atoms with Crippen molar-refractivity contribution in [2.75, 3.05) is 11.1 Å². The lowest BCUT2D eigenvalue weighted by atomic mass is 9.88. The predicted octanol–water partition coefficient (Wildman–Crippen LogP) is 4.44. The van der Waals surface area contributed by atoms with Gasteiger partial charge in [0, 0.05) is 6.54 Å². The van der Waals surface area contributed by atoms with Crippen LogP contribution in [0, 0.1) is 0 Å². The van der Waals surface area contributed by atoms with E-state index in [4.69, 9.17) is 0 Å². The number of fused-ring (bicyclic) bond motifs is 1. The fourth-order valence-corrected chi connectivity index (χ4v) is 4.94. The molecule has 5 nitrogen and oxygen atoms in total. The Morgan fingerprint density at radius 1 is 1.11 bits per heavy atom. The Kier molecular flexibility index (Phi) is 6.24. The molecule has 1 heterocycles. The highest BCUT2D eigenvalue weighted by atomic mass is 32.2. The summed E-state index contributed by atoms with van der Waals surface area (Å²) in [5.74, 6) is 0.395. The summed E-state index contributed by atoms with van der Waals surface area (Å²) in [5.41, 5.74) is 3.81. The third kappa shape index (κ3) is 4.91. The van der Waals surface area contributed by atoms with E-state index in [1.807, 2.05) is 24.3 Å². The number of carbonyl (C=O) groups excluding carboxylic acids is 1. The Bertz CT molecular complexity index is 929. The van der Waals surface area contributed by atoms with Gasteiger partial charge in [-0.15, -0.1) is 10.2 Å². The van der Waals surface area contributed by atoms with Gasteiger partial charge in [0.25, 0.3) is 0 Å². The van der Waals surface area contributed by atoms with Crippen molar-refractivity contribution in [3.8, 4) is 0 Å². The van der Waals surface area contributed by atoms with E-state index in [1.54, 1.807) is 0 Å². The van der Waals surface area contributed by atoms with Crippen LogP contribution in [0.4, 0.5) is 5.13 Å². The summed E-state index contributed by atoms with van der Waals surface area (Å²) in [7, 11) is 0. The molecule has 2 aromatic carbocycles. The number of anilines is 1.